The topological polar surface area (TPSA) is 55.8 Å². The molecule has 2 rings (SSSR count). The minimum Gasteiger partial charge on any atom is -0.489 e. The van der Waals surface area contributed by atoms with Gasteiger partial charge in [-0.2, -0.15) is 0 Å². The molecule has 1 amide bonds. The highest BCUT2D eigenvalue weighted by Crippen LogP contribution is 2.15. The molecule has 0 N–H and O–H groups in total. The average Bonchev–Trinajstić information content (AvgIpc) is 2.67. The van der Waals surface area contributed by atoms with Gasteiger partial charge in [0.05, 0.1) is 13.5 Å². The van der Waals surface area contributed by atoms with Gasteiger partial charge < -0.3 is 14.4 Å². The van der Waals surface area contributed by atoms with Gasteiger partial charge in [-0.15, -0.1) is 0 Å². The second-order valence-corrected chi connectivity index (χ2v) is 5.51. The summed E-state index contributed by atoms with van der Waals surface area (Å²) in [7, 11) is 1.34. The predicted molar refractivity (Wildman–Crippen MR) is 95.4 cm³/mol. The van der Waals surface area contributed by atoms with E-state index in [4.69, 9.17) is 4.74 Å². The summed E-state index contributed by atoms with van der Waals surface area (Å²) >= 11 is 0. The van der Waals surface area contributed by atoms with Crippen LogP contribution in [0.4, 0.5) is 0 Å². The molecule has 0 atom stereocenters. The van der Waals surface area contributed by atoms with Gasteiger partial charge in [-0.05, 0) is 36.8 Å². The minimum atomic E-state index is -0.323. The van der Waals surface area contributed by atoms with Crippen LogP contribution in [-0.4, -0.2) is 37.0 Å². The molecule has 0 bridgehead atoms. The predicted octanol–water partition coefficient (Wildman–Crippen LogP) is 3.29. The van der Waals surface area contributed by atoms with Gasteiger partial charge >= 0.3 is 5.97 Å². The van der Waals surface area contributed by atoms with Crippen LogP contribution in [0, 0.1) is 0 Å². The molecular weight excluding hydrogens is 318 g/mol. The van der Waals surface area contributed by atoms with Crippen LogP contribution < -0.4 is 4.74 Å². The molecule has 2 aromatic rings. The lowest BCUT2D eigenvalue weighted by atomic mass is 10.2. The standard InChI is InChI=1S/C20H23NO4/c1-3-21(14-13-19(22)24-2)20(23)17-9-11-18(12-10-17)25-15-16-7-5-4-6-8-16/h4-12H,3,13-15H2,1-2H3. The maximum atomic E-state index is 12.5. The number of carbonyl (C=O) groups excluding carboxylic acids is 2. The maximum Gasteiger partial charge on any atom is 0.307 e. The quantitative estimate of drug-likeness (QED) is 0.692. The van der Waals surface area contributed by atoms with E-state index in [9.17, 15) is 9.59 Å². The number of carbonyl (C=O) groups is 2. The van der Waals surface area contributed by atoms with Crippen LogP contribution in [0.15, 0.2) is 54.6 Å². The first-order chi connectivity index (χ1) is 12.1. The Labute approximate surface area is 148 Å². The first-order valence-electron chi connectivity index (χ1n) is 8.27. The van der Waals surface area contributed by atoms with Gasteiger partial charge in [0.1, 0.15) is 12.4 Å². The van der Waals surface area contributed by atoms with Crippen molar-refractivity contribution in [3.8, 4) is 5.75 Å². The van der Waals surface area contributed by atoms with Crippen molar-refractivity contribution in [1.29, 1.82) is 0 Å². The first kappa shape index (κ1) is 18.5. The molecule has 0 saturated heterocycles. The summed E-state index contributed by atoms with van der Waals surface area (Å²) in [6, 6.07) is 16.9. The molecule has 0 spiro atoms. The molecule has 0 aliphatic heterocycles. The Bertz CT molecular complexity index is 683. The van der Waals surface area contributed by atoms with E-state index < -0.39 is 0 Å². The van der Waals surface area contributed by atoms with Crippen LogP contribution >= 0.6 is 0 Å². The zero-order valence-corrected chi connectivity index (χ0v) is 14.6. The number of benzene rings is 2. The molecule has 0 unspecified atom stereocenters. The zero-order valence-electron chi connectivity index (χ0n) is 14.6. The van der Waals surface area contributed by atoms with Crippen LogP contribution in [0.5, 0.6) is 5.75 Å². The lowest BCUT2D eigenvalue weighted by Crippen LogP contribution is -2.33. The summed E-state index contributed by atoms with van der Waals surface area (Å²) < 4.78 is 10.3. The number of ether oxygens (including phenoxy) is 2. The number of hydrogen-bond donors (Lipinski definition) is 0. The van der Waals surface area contributed by atoms with Crippen molar-refractivity contribution < 1.29 is 19.1 Å². The Hall–Kier alpha value is -2.82. The highest BCUT2D eigenvalue weighted by atomic mass is 16.5. The largest absolute Gasteiger partial charge is 0.489 e. The number of esters is 1. The fourth-order valence-corrected chi connectivity index (χ4v) is 2.35. The van der Waals surface area contributed by atoms with E-state index in [1.165, 1.54) is 7.11 Å². The summed E-state index contributed by atoms with van der Waals surface area (Å²) in [6.45, 7) is 3.23. The van der Waals surface area contributed by atoms with E-state index in [0.717, 1.165) is 5.56 Å². The van der Waals surface area contributed by atoms with Gasteiger partial charge in [0.2, 0.25) is 0 Å². The zero-order chi connectivity index (χ0) is 18.1. The van der Waals surface area contributed by atoms with Crippen LogP contribution in [0.3, 0.4) is 0 Å². The van der Waals surface area contributed by atoms with E-state index in [-0.39, 0.29) is 18.3 Å². The van der Waals surface area contributed by atoms with E-state index in [1.807, 2.05) is 37.3 Å². The van der Waals surface area contributed by atoms with Crippen LogP contribution in [-0.2, 0) is 16.1 Å². The average molecular weight is 341 g/mol. The van der Waals surface area contributed by atoms with Gasteiger partial charge in [-0.25, -0.2) is 0 Å². The number of hydrogen-bond acceptors (Lipinski definition) is 4. The Balaban J connectivity index is 1.93. The minimum absolute atomic E-state index is 0.110. The lowest BCUT2D eigenvalue weighted by Gasteiger charge is -2.20. The van der Waals surface area contributed by atoms with Crippen molar-refractivity contribution in [2.45, 2.75) is 20.0 Å². The van der Waals surface area contributed by atoms with Crippen molar-refractivity contribution >= 4 is 11.9 Å². The van der Waals surface area contributed by atoms with Crippen LogP contribution in [0.1, 0.15) is 29.3 Å². The van der Waals surface area contributed by atoms with E-state index in [2.05, 4.69) is 4.74 Å². The SMILES string of the molecule is CCN(CCC(=O)OC)C(=O)c1ccc(OCc2ccccc2)cc1. The molecule has 132 valence electrons. The van der Waals surface area contributed by atoms with Crippen molar-refractivity contribution in [2.24, 2.45) is 0 Å². The molecule has 25 heavy (non-hydrogen) atoms. The molecule has 0 aliphatic rings. The Morgan fingerprint density at radius 2 is 1.68 bits per heavy atom. The summed E-state index contributed by atoms with van der Waals surface area (Å²) in [5.74, 6) is 0.273. The van der Waals surface area contributed by atoms with Gasteiger partial charge in [-0.3, -0.25) is 9.59 Å². The van der Waals surface area contributed by atoms with Gasteiger partial charge in [0.25, 0.3) is 5.91 Å². The molecule has 5 heteroatoms. The van der Waals surface area contributed by atoms with Crippen LogP contribution in [0.25, 0.3) is 0 Å². The summed E-state index contributed by atoms with van der Waals surface area (Å²) in [6.07, 6.45) is 0.189. The second-order valence-electron chi connectivity index (χ2n) is 5.51. The third kappa shape index (κ3) is 5.64. The van der Waals surface area contributed by atoms with E-state index in [1.54, 1.807) is 29.2 Å². The Kier molecular flexibility index (Phi) is 7.01. The fourth-order valence-electron chi connectivity index (χ4n) is 2.35. The van der Waals surface area contributed by atoms with E-state index in [0.29, 0.717) is 31.0 Å². The van der Waals surface area contributed by atoms with Gasteiger partial charge in [0, 0.05) is 18.7 Å². The molecule has 0 saturated carbocycles. The first-order valence-corrected chi connectivity index (χ1v) is 8.27. The molecule has 0 fully saturated rings. The third-order valence-corrected chi connectivity index (χ3v) is 3.83. The van der Waals surface area contributed by atoms with Gasteiger partial charge in [0.15, 0.2) is 0 Å². The molecule has 0 radical (unpaired) electrons. The fraction of sp³-hybridized carbons (Fsp3) is 0.300. The Morgan fingerprint density at radius 1 is 1.00 bits per heavy atom. The van der Waals surface area contributed by atoms with Crippen molar-refractivity contribution in [2.75, 3.05) is 20.2 Å². The molecule has 0 heterocycles. The maximum absolute atomic E-state index is 12.5. The molecular formula is C20H23NO4. The number of rotatable bonds is 8. The van der Waals surface area contributed by atoms with E-state index >= 15 is 0 Å². The molecule has 2 aromatic carbocycles. The summed E-state index contributed by atoms with van der Waals surface area (Å²) in [5.41, 5.74) is 1.65. The lowest BCUT2D eigenvalue weighted by molar-refractivity contribution is -0.140. The summed E-state index contributed by atoms with van der Waals surface area (Å²) in [4.78, 5) is 25.4. The van der Waals surface area contributed by atoms with Gasteiger partial charge in [-0.1, -0.05) is 30.3 Å². The number of methoxy groups -OCH3 is 1. The molecule has 5 nitrogen and oxygen atoms in total. The third-order valence-electron chi connectivity index (χ3n) is 3.83. The van der Waals surface area contributed by atoms with Crippen molar-refractivity contribution in [3.63, 3.8) is 0 Å². The molecule has 0 aromatic heterocycles. The number of amides is 1. The second kappa shape index (κ2) is 9.47. The van der Waals surface area contributed by atoms with Crippen molar-refractivity contribution in [1.82, 2.24) is 4.90 Å². The number of nitrogens with zero attached hydrogens (tertiary/aromatic N) is 1. The smallest absolute Gasteiger partial charge is 0.307 e. The van der Waals surface area contributed by atoms with Crippen LogP contribution in [0.2, 0.25) is 0 Å². The normalized spacial score (nSPS) is 10.2. The highest BCUT2D eigenvalue weighted by Gasteiger charge is 2.15. The monoisotopic (exact) mass is 341 g/mol. The van der Waals surface area contributed by atoms with Crippen molar-refractivity contribution in [3.05, 3.63) is 65.7 Å². The highest BCUT2D eigenvalue weighted by molar-refractivity contribution is 5.94. The summed E-state index contributed by atoms with van der Waals surface area (Å²) in [5, 5.41) is 0. The Morgan fingerprint density at radius 3 is 2.28 bits per heavy atom. The molecule has 0 aliphatic carbocycles.